The molecule has 0 aliphatic carbocycles. The molecule has 4 rings (SSSR count). The first kappa shape index (κ1) is 22.8. The van der Waals surface area contributed by atoms with Gasteiger partial charge in [-0.2, -0.15) is 18.3 Å². The number of hydrogen-bond donors (Lipinski definition) is 2. The summed E-state index contributed by atoms with van der Waals surface area (Å²) in [7, 11) is 4.32. The maximum atomic E-state index is 13.8. The molecule has 176 valence electrons. The first-order valence-corrected chi connectivity index (χ1v) is 10.7. The summed E-state index contributed by atoms with van der Waals surface area (Å²) in [5, 5.41) is 11.4. The number of fused-ring (bicyclic) bond motifs is 1. The van der Waals surface area contributed by atoms with Crippen molar-refractivity contribution in [1.29, 1.82) is 0 Å². The van der Waals surface area contributed by atoms with Crippen LogP contribution in [0.1, 0.15) is 33.7 Å². The van der Waals surface area contributed by atoms with Crippen molar-refractivity contribution < 1.29 is 32.2 Å². The van der Waals surface area contributed by atoms with Gasteiger partial charge in [-0.25, -0.2) is 4.68 Å². The lowest BCUT2D eigenvalue weighted by molar-refractivity contribution is -0.173. The number of methoxy groups -OCH3 is 3. The number of alkyl halides is 3. The average molecular weight is 482 g/mol. The van der Waals surface area contributed by atoms with E-state index in [0.29, 0.717) is 22.9 Å². The second kappa shape index (κ2) is 8.85. The molecule has 0 saturated carbocycles. The summed E-state index contributed by atoms with van der Waals surface area (Å²) in [6.45, 7) is 0. The van der Waals surface area contributed by atoms with Crippen LogP contribution in [0.25, 0.3) is 0 Å². The van der Waals surface area contributed by atoms with Crippen LogP contribution in [0.15, 0.2) is 35.8 Å². The number of aromatic nitrogens is 2. The van der Waals surface area contributed by atoms with Crippen molar-refractivity contribution in [2.75, 3.05) is 32.0 Å². The third-order valence-electron chi connectivity index (χ3n) is 5.29. The van der Waals surface area contributed by atoms with Gasteiger partial charge < -0.3 is 24.8 Å². The van der Waals surface area contributed by atoms with E-state index in [9.17, 15) is 18.0 Å². The largest absolute Gasteiger partial charge is 0.493 e. The number of rotatable bonds is 6. The van der Waals surface area contributed by atoms with Crippen LogP contribution < -0.4 is 24.8 Å². The van der Waals surface area contributed by atoms with E-state index >= 15 is 0 Å². The number of amides is 1. The van der Waals surface area contributed by atoms with Gasteiger partial charge in [-0.15, -0.1) is 11.3 Å². The lowest BCUT2D eigenvalue weighted by Gasteiger charge is -2.33. The van der Waals surface area contributed by atoms with Crippen LogP contribution >= 0.6 is 11.3 Å². The van der Waals surface area contributed by atoms with Crippen LogP contribution in [0.4, 0.5) is 24.7 Å². The smallest absolute Gasteiger partial charge is 0.410 e. The maximum absolute atomic E-state index is 13.8. The molecule has 0 saturated heterocycles. The van der Waals surface area contributed by atoms with Gasteiger partial charge in [-0.3, -0.25) is 4.79 Å². The quantitative estimate of drug-likeness (QED) is 0.521. The number of nitrogens with one attached hydrogen (secondary N) is 2. The molecule has 33 heavy (non-hydrogen) atoms. The van der Waals surface area contributed by atoms with Crippen molar-refractivity contribution in [3.05, 3.63) is 46.3 Å². The predicted molar refractivity (Wildman–Crippen MR) is 117 cm³/mol. The normalized spacial score (nSPS) is 17.6. The van der Waals surface area contributed by atoms with E-state index in [1.54, 1.807) is 17.5 Å². The molecular formula is C21H21F3N4O4S. The molecule has 1 aliphatic heterocycles. The van der Waals surface area contributed by atoms with Gasteiger partial charge >= 0.3 is 6.18 Å². The van der Waals surface area contributed by atoms with Crippen LogP contribution in [0.5, 0.6) is 17.2 Å². The van der Waals surface area contributed by atoms with E-state index in [1.165, 1.54) is 44.8 Å². The number of ether oxygens (including phenoxy) is 3. The Morgan fingerprint density at radius 2 is 1.91 bits per heavy atom. The van der Waals surface area contributed by atoms with Crippen LogP contribution in [0, 0.1) is 0 Å². The van der Waals surface area contributed by atoms with Crippen molar-refractivity contribution >= 4 is 28.7 Å². The number of hydrogen-bond acceptors (Lipinski definition) is 7. The molecule has 12 heteroatoms. The Balaban J connectivity index is 1.68. The molecule has 2 N–H and O–H groups in total. The van der Waals surface area contributed by atoms with Crippen molar-refractivity contribution in [2.24, 2.45) is 0 Å². The van der Waals surface area contributed by atoms with Crippen molar-refractivity contribution in [3.63, 3.8) is 0 Å². The van der Waals surface area contributed by atoms with Crippen LogP contribution in [-0.2, 0) is 0 Å². The third kappa shape index (κ3) is 4.30. The van der Waals surface area contributed by atoms with Gasteiger partial charge in [0.15, 0.2) is 17.5 Å². The monoisotopic (exact) mass is 482 g/mol. The number of benzene rings is 1. The Kier molecular flexibility index (Phi) is 6.11. The minimum Gasteiger partial charge on any atom is -0.493 e. The minimum atomic E-state index is -4.52. The molecule has 0 spiro atoms. The van der Waals surface area contributed by atoms with Gasteiger partial charge in [0.2, 0.25) is 5.75 Å². The fraction of sp³-hybridized carbons (Fsp3) is 0.333. The van der Waals surface area contributed by atoms with Gasteiger partial charge in [-0.05, 0) is 11.4 Å². The predicted octanol–water partition coefficient (Wildman–Crippen LogP) is 4.88. The highest BCUT2D eigenvalue weighted by molar-refractivity contribution is 7.10. The van der Waals surface area contributed by atoms with Crippen molar-refractivity contribution in [3.8, 4) is 17.2 Å². The Hall–Kier alpha value is -3.41. The Morgan fingerprint density at radius 3 is 2.45 bits per heavy atom. The zero-order chi connectivity index (χ0) is 23.8. The van der Waals surface area contributed by atoms with Gasteiger partial charge in [0.1, 0.15) is 11.4 Å². The minimum absolute atomic E-state index is 0.00640. The summed E-state index contributed by atoms with van der Waals surface area (Å²) < 4.78 is 58.1. The number of carbonyl (C=O) groups excluding carboxylic acids is 1. The summed E-state index contributed by atoms with van der Waals surface area (Å²) >= 11 is 1.35. The Labute approximate surface area is 191 Å². The van der Waals surface area contributed by atoms with Gasteiger partial charge in [0, 0.05) is 29.1 Å². The standard InChI is InChI=1S/C21H21F3N4O4S/c1-30-14-7-11(8-15(31-2)18(14)32-3)26-20(29)12-10-25-28-17(21(22,23)24)9-13(27-19(12)28)16-5-4-6-33-16/h4-8,10,13,17,27H,9H2,1-3H3,(H,26,29)/t13-,17+/m1/s1. The number of halogens is 3. The molecule has 2 aromatic heterocycles. The molecule has 2 atom stereocenters. The summed E-state index contributed by atoms with van der Waals surface area (Å²) in [5.41, 5.74) is 0.298. The SMILES string of the molecule is COc1cc(NC(=O)c2cnn3c2N[C@@H](c2cccs2)C[C@H]3C(F)(F)F)cc(OC)c1OC. The highest BCUT2D eigenvalue weighted by atomic mass is 32.1. The van der Waals surface area contributed by atoms with E-state index in [2.05, 4.69) is 15.7 Å². The van der Waals surface area contributed by atoms with Crippen LogP contribution in [0.2, 0.25) is 0 Å². The molecule has 1 aliphatic rings. The van der Waals surface area contributed by atoms with E-state index < -0.39 is 24.2 Å². The summed E-state index contributed by atoms with van der Waals surface area (Å²) in [5.74, 6) is 0.349. The zero-order valence-electron chi connectivity index (χ0n) is 17.9. The Morgan fingerprint density at radius 1 is 1.21 bits per heavy atom. The van der Waals surface area contributed by atoms with Crippen LogP contribution in [-0.4, -0.2) is 43.2 Å². The molecule has 1 amide bonds. The molecular weight excluding hydrogens is 461 g/mol. The lowest BCUT2D eigenvalue weighted by atomic mass is 10.0. The second-order valence-corrected chi connectivity index (χ2v) is 8.20. The number of anilines is 2. The molecule has 3 aromatic rings. The van der Waals surface area contributed by atoms with Gasteiger partial charge in [0.25, 0.3) is 5.91 Å². The van der Waals surface area contributed by atoms with E-state index in [4.69, 9.17) is 14.2 Å². The molecule has 0 radical (unpaired) electrons. The number of nitrogens with zero attached hydrogens (tertiary/aromatic N) is 2. The zero-order valence-corrected chi connectivity index (χ0v) is 18.7. The highest BCUT2D eigenvalue weighted by Gasteiger charge is 2.47. The third-order valence-corrected chi connectivity index (χ3v) is 6.28. The number of thiophene rings is 1. The number of carbonyl (C=O) groups is 1. The fourth-order valence-corrected chi connectivity index (χ4v) is 4.55. The summed E-state index contributed by atoms with van der Waals surface area (Å²) in [6.07, 6.45) is -3.62. The lowest BCUT2D eigenvalue weighted by Crippen LogP contribution is -2.36. The van der Waals surface area contributed by atoms with Crippen molar-refractivity contribution in [1.82, 2.24) is 9.78 Å². The highest BCUT2D eigenvalue weighted by Crippen LogP contribution is 2.45. The first-order valence-electron chi connectivity index (χ1n) is 9.82. The van der Waals surface area contributed by atoms with E-state index in [0.717, 1.165) is 15.8 Å². The fourth-order valence-electron chi connectivity index (χ4n) is 3.76. The van der Waals surface area contributed by atoms with Crippen LogP contribution in [0.3, 0.4) is 0 Å². The molecule has 1 aromatic carbocycles. The Bertz CT molecular complexity index is 1120. The van der Waals surface area contributed by atoms with Crippen molar-refractivity contribution in [2.45, 2.75) is 24.7 Å². The van der Waals surface area contributed by atoms with Gasteiger partial charge in [-0.1, -0.05) is 6.07 Å². The maximum Gasteiger partial charge on any atom is 0.410 e. The molecule has 3 heterocycles. The molecule has 0 bridgehead atoms. The molecule has 8 nitrogen and oxygen atoms in total. The van der Waals surface area contributed by atoms with E-state index in [1.807, 2.05) is 0 Å². The summed E-state index contributed by atoms with van der Waals surface area (Å²) in [6, 6.07) is 4.12. The van der Waals surface area contributed by atoms with Gasteiger partial charge in [0.05, 0.1) is 33.6 Å². The molecule has 0 unspecified atom stereocenters. The second-order valence-electron chi connectivity index (χ2n) is 7.23. The van der Waals surface area contributed by atoms with E-state index in [-0.39, 0.29) is 17.8 Å². The summed E-state index contributed by atoms with van der Waals surface area (Å²) in [4.78, 5) is 13.8. The topological polar surface area (TPSA) is 86.6 Å². The first-order chi connectivity index (χ1) is 15.8. The average Bonchev–Trinajstić information content (AvgIpc) is 3.47. The molecule has 0 fully saturated rings.